The number of carbonyl (C=O) groups excluding carboxylic acids is 1. The van der Waals surface area contributed by atoms with Gasteiger partial charge in [-0.15, -0.1) is 11.3 Å². The van der Waals surface area contributed by atoms with Gasteiger partial charge in [-0.2, -0.15) is 0 Å². The number of nitrogens with zero attached hydrogens (tertiary/aromatic N) is 2. The highest BCUT2D eigenvalue weighted by Gasteiger charge is 2.19. The highest BCUT2D eigenvalue weighted by atomic mass is 32.2. The van der Waals surface area contributed by atoms with Gasteiger partial charge in [-0.1, -0.05) is 54.9 Å². The topological polar surface area (TPSA) is 64.0 Å². The van der Waals surface area contributed by atoms with Crippen molar-refractivity contribution in [3.8, 4) is 11.1 Å². The van der Waals surface area contributed by atoms with Gasteiger partial charge in [0.05, 0.1) is 11.3 Å². The summed E-state index contributed by atoms with van der Waals surface area (Å²) in [4.78, 5) is 29.7. The summed E-state index contributed by atoms with van der Waals surface area (Å²) in [6.45, 7) is 0. The second kappa shape index (κ2) is 7.86. The lowest BCUT2D eigenvalue weighted by Gasteiger charge is -2.12. The Morgan fingerprint density at radius 3 is 2.78 bits per heavy atom. The number of aromatic nitrogens is 2. The van der Waals surface area contributed by atoms with Gasteiger partial charge in [0.25, 0.3) is 5.56 Å². The van der Waals surface area contributed by atoms with E-state index in [1.54, 1.807) is 11.6 Å². The van der Waals surface area contributed by atoms with Gasteiger partial charge >= 0.3 is 0 Å². The first-order valence-electron chi connectivity index (χ1n) is 9.09. The maximum Gasteiger partial charge on any atom is 0.271 e. The molecule has 1 aliphatic carbocycles. The molecule has 0 spiro atoms. The zero-order valence-electron chi connectivity index (χ0n) is 15.1. The monoisotopic (exact) mass is 399 g/mol. The molecule has 1 N–H and O–H groups in total. The summed E-state index contributed by atoms with van der Waals surface area (Å²) >= 11 is 2.74. The van der Waals surface area contributed by atoms with E-state index in [9.17, 15) is 9.59 Å². The van der Waals surface area contributed by atoms with E-state index in [0.29, 0.717) is 21.4 Å². The molecule has 5 nitrogen and oxygen atoms in total. The maximum atomic E-state index is 12.7. The molecule has 0 unspecified atom stereocenters. The van der Waals surface area contributed by atoms with E-state index in [-0.39, 0.29) is 17.2 Å². The van der Waals surface area contributed by atoms with Crippen molar-refractivity contribution < 1.29 is 4.79 Å². The summed E-state index contributed by atoms with van der Waals surface area (Å²) < 4.78 is 2.19. The minimum Gasteiger partial charge on any atom is -0.353 e. The van der Waals surface area contributed by atoms with Gasteiger partial charge in [-0.05, 0) is 18.4 Å². The molecule has 2 heterocycles. The molecule has 0 radical (unpaired) electrons. The number of rotatable bonds is 5. The maximum absolute atomic E-state index is 12.7. The van der Waals surface area contributed by atoms with Crippen LogP contribution in [0.5, 0.6) is 0 Å². The summed E-state index contributed by atoms with van der Waals surface area (Å²) in [5.74, 6) is 0.280. The third-order valence-electron chi connectivity index (χ3n) is 4.90. The van der Waals surface area contributed by atoms with Gasteiger partial charge in [-0.3, -0.25) is 14.2 Å². The van der Waals surface area contributed by atoms with Crippen LogP contribution in [0.25, 0.3) is 21.3 Å². The van der Waals surface area contributed by atoms with E-state index in [1.807, 2.05) is 35.7 Å². The van der Waals surface area contributed by atoms with Gasteiger partial charge in [0.2, 0.25) is 5.91 Å². The number of fused-ring (bicyclic) bond motifs is 1. The van der Waals surface area contributed by atoms with Gasteiger partial charge in [-0.25, -0.2) is 4.98 Å². The SMILES string of the molecule is Cn1c(SCC(=O)NC2CCCC2)nc2c(-c3ccccc3)csc2c1=O. The molecule has 1 amide bonds. The number of carbonyl (C=O) groups is 1. The van der Waals surface area contributed by atoms with Gasteiger partial charge in [0.1, 0.15) is 4.70 Å². The van der Waals surface area contributed by atoms with Crippen molar-refractivity contribution in [2.45, 2.75) is 36.9 Å². The predicted molar refractivity (Wildman–Crippen MR) is 111 cm³/mol. The van der Waals surface area contributed by atoms with Crippen LogP contribution in [0.15, 0.2) is 45.7 Å². The van der Waals surface area contributed by atoms with Crippen LogP contribution >= 0.6 is 23.1 Å². The van der Waals surface area contributed by atoms with Crippen LogP contribution in [0.1, 0.15) is 25.7 Å². The minimum atomic E-state index is -0.0640. The normalized spacial score (nSPS) is 14.7. The number of hydrogen-bond donors (Lipinski definition) is 1. The van der Waals surface area contributed by atoms with Crippen LogP contribution in [0.2, 0.25) is 0 Å². The Labute approximate surface area is 165 Å². The van der Waals surface area contributed by atoms with Crippen molar-refractivity contribution in [2.24, 2.45) is 7.05 Å². The number of thioether (sulfide) groups is 1. The lowest BCUT2D eigenvalue weighted by Crippen LogP contribution is -2.34. The summed E-state index contributed by atoms with van der Waals surface area (Å²) in [5, 5.41) is 5.64. The van der Waals surface area contributed by atoms with Crippen molar-refractivity contribution in [1.29, 1.82) is 0 Å². The van der Waals surface area contributed by atoms with Gasteiger partial charge in [0.15, 0.2) is 5.16 Å². The average Bonchev–Trinajstić information content (AvgIpc) is 3.34. The minimum absolute atomic E-state index is 0.00912. The Kier molecular flexibility index (Phi) is 5.31. The molecule has 7 heteroatoms. The largest absolute Gasteiger partial charge is 0.353 e. The number of amides is 1. The van der Waals surface area contributed by atoms with Crippen LogP contribution < -0.4 is 10.9 Å². The molecule has 1 saturated carbocycles. The molecule has 3 aromatic rings. The zero-order valence-corrected chi connectivity index (χ0v) is 16.7. The van der Waals surface area contributed by atoms with Crippen molar-refractivity contribution in [1.82, 2.24) is 14.9 Å². The van der Waals surface area contributed by atoms with E-state index >= 15 is 0 Å². The Hall–Kier alpha value is -2.12. The fourth-order valence-corrected chi connectivity index (χ4v) is 5.21. The molecule has 1 aromatic carbocycles. The molecule has 2 aromatic heterocycles. The van der Waals surface area contributed by atoms with Crippen molar-refractivity contribution in [3.05, 3.63) is 46.1 Å². The van der Waals surface area contributed by atoms with Crippen LogP contribution in [0.3, 0.4) is 0 Å². The first-order chi connectivity index (χ1) is 13.1. The van der Waals surface area contributed by atoms with Crippen molar-refractivity contribution >= 4 is 39.2 Å². The molecular formula is C20H21N3O2S2. The molecule has 0 aliphatic heterocycles. The first kappa shape index (κ1) is 18.3. The second-order valence-corrected chi connectivity index (χ2v) is 8.61. The van der Waals surface area contributed by atoms with Crippen LogP contribution in [-0.2, 0) is 11.8 Å². The molecule has 1 fully saturated rings. The fraction of sp³-hybridized carbons (Fsp3) is 0.350. The molecule has 140 valence electrons. The van der Waals surface area contributed by atoms with Crippen LogP contribution in [0.4, 0.5) is 0 Å². The predicted octanol–water partition coefficient (Wildman–Crippen LogP) is 3.81. The smallest absolute Gasteiger partial charge is 0.271 e. The lowest BCUT2D eigenvalue weighted by atomic mass is 10.1. The summed E-state index contributed by atoms with van der Waals surface area (Å²) in [7, 11) is 1.72. The second-order valence-electron chi connectivity index (χ2n) is 6.79. The molecule has 0 bridgehead atoms. The van der Waals surface area contributed by atoms with Crippen LogP contribution in [0, 0.1) is 0 Å². The third-order valence-corrected chi connectivity index (χ3v) is 6.88. The van der Waals surface area contributed by atoms with Crippen molar-refractivity contribution in [2.75, 3.05) is 5.75 Å². The number of nitrogens with one attached hydrogen (secondary N) is 1. The molecule has 4 rings (SSSR count). The average molecular weight is 400 g/mol. The number of hydrogen-bond acceptors (Lipinski definition) is 5. The Bertz CT molecular complexity index is 1020. The highest BCUT2D eigenvalue weighted by Crippen LogP contribution is 2.32. The lowest BCUT2D eigenvalue weighted by molar-refractivity contribution is -0.119. The fourth-order valence-electron chi connectivity index (χ4n) is 3.45. The quantitative estimate of drug-likeness (QED) is 0.523. The van der Waals surface area contributed by atoms with E-state index in [1.165, 1.54) is 35.9 Å². The molecule has 0 saturated heterocycles. The van der Waals surface area contributed by atoms with E-state index in [2.05, 4.69) is 5.32 Å². The number of thiophene rings is 1. The van der Waals surface area contributed by atoms with Gasteiger partial charge in [0, 0.05) is 24.0 Å². The van der Waals surface area contributed by atoms with E-state index < -0.39 is 0 Å². The van der Waals surface area contributed by atoms with E-state index in [4.69, 9.17) is 4.98 Å². The Morgan fingerprint density at radius 1 is 1.30 bits per heavy atom. The molecular weight excluding hydrogens is 378 g/mol. The first-order valence-corrected chi connectivity index (χ1v) is 11.0. The summed E-state index contributed by atoms with van der Waals surface area (Å²) in [6.07, 6.45) is 4.50. The molecule has 27 heavy (non-hydrogen) atoms. The summed E-state index contributed by atoms with van der Waals surface area (Å²) in [5.41, 5.74) is 2.66. The number of benzene rings is 1. The Balaban J connectivity index is 1.60. The highest BCUT2D eigenvalue weighted by molar-refractivity contribution is 7.99. The zero-order chi connectivity index (χ0) is 18.8. The van der Waals surface area contributed by atoms with E-state index in [0.717, 1.165) is 24.0 Å². The Morgan fingerprint density at radius 2 is 2.04 bits per heavy atom. The van der Waals surface area contributed by atoms with Crippen LogP contribution in [-0.4, -0.2) is 27.3 Å². The molecule has 1 aliphatic rings. The van der Waals surface area contributed by atoms with Crippen molar-refractivity contribution in [3.63, 3.8) is 0 Å². The molecule has 0 atom stereocenters. The third kappa shape index (κ3) is 3.80. The van der Waals surface area contributed by atoms with Gasteiger partial charge < -0.3 is 5.32 Å². The summed E-state index contributed by atoms with van der Waals surface area (Å²) in [6, 6.07) is 10.3. The standard InChI is InChI=1S/C20H21N3O2S2/c1-23-19(25)18-17(15(11-26-18)13-7-3-2-4-8-13)22-20(23)27-12-16(24)21-14-9-5-6-10-14/h2-4,7-8,11,14H,5-6,9-10,12H2,1H3,(H,21,24).